The molecule has 0 aromatic carbocycles. The van der Waals surface area contributed by atoms with Crippen LogP contribution in [0.25, 0.3) is 0 Å². The molecule has 0 aliphatic heterocycles. The maximum atomic E-state index is 10.8. The normalized spacial score (nSPS) is 13.0. The summed E-state index contributed by atoms with van der Waals surface area (Å²) in [6, 6.07) is 0. The molecule has 47 valence electrons. The summed E-state index contributed by atoms with van der Waals surface area (Å²) in [5, 5.41) is 10.8. The van der Waals surface area contributed by atoms with Crippen molar-refractivity contribution >= 4 is 0 Å². The fraction of sp³-hybridized carbons (Fsp3) is 0.714. The zero-order chi connectivity index (χ0) is 6.62. The molecule has 1 nitrogen and oxygen atoms in total. The van der Waals surface area contributed by atoms with Crippen LogP contribution < -0.4 is 0 Å². The van der Waals surface area contributed by atoms with Gasteiger partial charge in [0.25, 0.3) is 0 Å². The Labute approximate surface area is 51.0 Å². The molecule has 0 fully saturated rings. The van der Waals surface area contributed by atoms with E-state index >= 15 is 0 Å². The minimum Gasteiger partial charge on any atom is -0.226 e. The second-order valence-corrected chi connectivity index (χ2v) is 2.41. The Kier molecular flexibility index (Phi) is 2.77. The van der Waals surface area contributed by atoms with E-state index in [2.05, 4.69) is 0 Å². The minimum atomic E-state index is -0.879. The van der Waals surface area contributed by atoms with Crippen LogP contribution in [0.4, 0.5) is 0 Å². The van der Waals surface area contributed by atoms with Crippen LogP contribution in [0.3, 0.4) is 0 Å². The average molecular weight is 113 g/mol. The van der Waals surface area contributed by atoms with Gasteiger partial charge in [-0.25, -0.2) is 5.11 Å². The Bertz CT molecular complexity index is 76.9. The maximum absolute atomic E-state index is 10.8. The molecule has 0 rings (SSSR count). The van der Waals surface area contributed by atoms with E-state index in [9.17, 15) is 5.11 Å². The third kappa shape index (κ3) is 5.70. The molecule has 0 saturated carbocycles. The van der Waals surface area contributed by atoms with Crippen molar-refractivity contribution in [2.45, 2.75) is 32.8 Å². The molecule has 0 bridgehead atoms. The van der Waals surface area contributed by atoms with Gasteiger partial charge >= 0.3 is 0 Å². The van der Waals surface area contributed by atoms with Crippen molar-refractivity contribution in [1.82, 2.24) is 0 Å². The number of hydrogen-bond acceptors (Lipinski definition) is 0. The zero-order valence-corrected chi connectivity index (χ0v) is 5.77. The first-order valence-electron chi connectivity index (χ1n) is 2.94. The Morgan fingerprint density at radius 2 is 2.00 bits per heavy atom. The Hall–Kier alpha value is -0.300. The lowest BCUT2D eigenvalue weighted by Gasteiger charge is -2.05. The van der Waals surface area contributed by atoms with Crippen molar-refractivity contribution in [3.63, 3.8) is 0 Å². The molecular formula is C7H13O. The molecule has 0 aliphatic carbocycles. The monoisotopic (exact) mass is 113 g/mol. The summed E-state index contributed by atoms with van der Waals surface area (Å²) in [6.07, 6.45) is 4.53. The summed E-state index contributed by atoms with van der Waals surface area (Å²) >= 11 is 0. The van der Waals surface area contributed by atoms with Gasteiger partial charge < -0.3 is 0 Å². The lowest BCUT2D eigenvalue weighted by molar-refractivity contribution is 0.0488. The van der Waals surface area contributed by atoms with Gasteiger partial charge in [-0.3, -0.25) is 0 Å². The highest BCUT2D eigenvalue weighted by molar-refractivity contribution is 4.93. The third-order valence-electron chi connectivity index (χ3n) is 0.755. The van der Waals surface area contributed by atoms with Crippen LogP contribution in [0, 0.1) is 0 Å². The lowest BCUT2D eigenvalue weighted by Crippen LogP contribution is -2.10. The molecule has 0 heterocycles. The molecular weight excluding hydrogens is 100 g/mol. The largest absolute Gasteiger partial charge is 0.226 e. The molecule has 0 amide bonds. The van der Waals surface area contributed by atoms with Crippen molar-refractivity contribution in [1.29, 1.82) is 0 Å². The van der Waals surface area contributed by atoms with Gasteiger partial charge in [-0.15, -0.1) is 0 Å². The number of hydrogen-bond donors (Lipinski definition) is 0. The SMILES string of the molecule is CC/C=C/C(C)(C)[O]. The predicted molar refractivity (Wildman–Crippen MR) is 34.2 cm³/mol. The summed E-state index contributed by atoms with van der Waals surface area (Å²) in [5.74, 6) is 0. The van der Waals surface area contributed by atoms with Crippen LogP contribution >= 0.6 is 0 Å². The van der Waals surface area contributed by atoms with Gasteiger partial charge in [0.05, 0.1) is 0 Å². The van der Waals surface area contributed by atoms with Gasteiger partial charge in [0, 0.05) is 0 Å². The summed E-state index contributed by atoms with van der Waals surface area (Å²) in [6.45, 7) is 5.32. The zero-order valence-electron chi connectivity index (χ0n) is 5.77. The highest BCUT2D eigenvalue weighted by atomic mass is 16.3. The first-order chi connectivity index (χ1) is 3.56. The minimum absolute atomic E-state index is 0.879. The molecule has 0 aromatic heterocycles. The first-order valence-corrected chi connectivity index (χ1v) is 2.94. The van der Waals surface area contributed by atoms with Crippen molar-refractivity contribution in [2.75, 3.05) is 0 Å². The van der Waals surface area contributed by atoms with Gasteiger partial charge in [-0.2, -0.15) is 0 Å². The van der Waals surface area contributed by atoms with E-state index in [1.54, 1.807) is 19.9 Å². The third-order valence-corrected chi connectivity index (χ3v) is 0.755. The maximum Gasteiger partial charge on any atom is 0.116 e. The van der Waals surface area contributed by atoms with Crippen LogP contribution in [0.1, 0.15) is 27.2 Å². The fourth-order valence-corrected chi connectivity index (χ4v) is 0.402. The van der Waals surface area contributed by atoms with E-state index < -0.39 is 5.60 Å². The quantitative estimate of drug-likeness (QED) is 0.489. The second kappa shape index (κ2) is 2.88. The van der Waals surface area contributed by atoms with E-state index in [0.29, 0.717) is 0 Å². The van der Waals surface area contributed by atoms with Crippen LogP contribution in [0.2, 0.25) is 0 Å². The average Bonchev–Trinajstić information content (AvgIpc) is 1.59. The molecule has 0 spiro atoms. The van der Waals surface area contributed by atoms with E-state index in [0.717, 1.165) is 6.42 Å². The van der Waals surface area contributed by atoms with E-state index in [1.807, 2.05) is 13.0 Å². The van der Waals surface area contributed by atoms with Crippen molar-refractivity contribution in [3.05, 3.63) is 12.2 Å². The smallest absolute Gasteiger partial charge is 0.116 e. The van der Waals surface area contributed by atoms with Gasteiger partial charge in [-0.1, -0.05) is 19.1 Å². The van der Waals surface area contributed by atoms with Crippen molar-refractivity contribution in [3.8, 4) is 0 Å². The van der Waals surface area contributed by atoms with Gasteiger partial charge in [-0.05, 0) is 20.3 Å². The molecule has 0 aliphatic rings. The first kappa shape index (κ1) is 7.70. The highest BCUT2D eigenvalue weighted by Gasteiger charge is 2.07. The molecule has 8 heavy (non-hydrogen) atoms. The van der Waals surface area contributed by atoms with E-state index in [1.165, 1.54) is 0 Å². The fourth-order valence-electron chi connectivity index (χ4n) is 0.402. The standard InChI is InChI=1S/C7H13O/c1-4-5-6-7(2,3)8/h5-6H,4H2,1-3H3/b6-5+. The Balaban J connectivity index is 3.52. The topological polar surface area (TPSA) is 19.9 Å². The molecule has 1 radical (unpaired) electrons. The summed E-state index contributed by atoms with van der Waals surface area (Å²) in [4.78, 5) is 0. The van der Waals surface area contributed by atoms with E-state index in [4.69, 9.17) is 0 Å². The number of allylic oxidation sites excluding steroid dienone is 1. The second-order valence-electron chi connectivity index (χ2n) is 2.41. The van der Waals surface area contributed by atoms with Crippen LogP contribution in [0.5, 0.6) is 0 Å². The van der Waals surface area contributed by atoms with Gasteiger partial charge in [0.15, 0.2) is 0 Å². The molecule has 1 heteroatoms. The van der Waals surface area contributed by atoms with Crippen LogP contribution in [-0.2, 0) is 5.11 Å². The van der Waals surface area contributed by atoms with Crippen molar-refractivity contribution in [2.24, 2.45) is 0 Å². The lowest BCUT2D eigenvalue weighted by atomic mass is 10.1. The summed E-state index contributed by atoms with van der Waals surface area (Å²) in [7, 11) is 0. The van der Waals surface area contributed by atoms with Gasteiger partial charge in [0.1, 0.15) is 5.60 Å². The summed E-state index contributed by atoms with van der Waals surface area (Å²) < 4.78 is 0. The van der Waals surface area contributed by atoms with Crippen LogP contribution in [0.15, 0.2) is 12.2 Å². The Morgan fingerprint density at radius 1 is 1.50 bits per heavy atom. The van der Waals surface area contributed by atoms with Crippen molar-refractivity contribution < 1.29 is 5.11 Å². The highest BCUT2D eigenvalue weighted by Crippen LogP contribution is 2.03. The summed E-state index contributed by atoms with van der Waals surface area (Å²) in [5.41, 5.74) is -0.879. The van der Waals surface area contributed by atoms with Crippen LogP contribution in [-0.4, -0.2) is 5.60 Å². The molecule has 0 unspecified atom stereocenters. The van der Waals surface area contributed by atoms with E-state index in [-0.39, 0.29) is 0 Å². The Morgan fingerprint density at radius 3 is 2.12 bits per heavy atom. The molecule has 0 saturated heterocycles. The number of rotatable bonds is 2. The predicted octanol–water partition coefficient (Wildman–Crippen LogP) is 2.16. The molecule has 0 atom stereocenters. The van der Waals surface area contributed by atoms with Gasteiger partial charge in [0.2, 0.25) is 0 Å². The molecule has 0 aromatic rings. The molecule has 0 N–H and O–H groups in total.